The van der Waals surface area contributed by atoms with Crippen molar-refractivity contribution >= 4 is 11.9 Å². The molecule has 0 bridgehead atoms. The standard InChI is InChI=1S/C20H26O4/c1-6-8-12-23-18(21)16-11-10-15(20(3,4)5)14-17(16)19(22)24-13-9-7-2/h6-7,10-11,14H,1-2,8-9,12-13H2,3-5H3. The molecule has 0 unspecified atom stereocenters. The molecule has 0 N–H and O–H groups in total. The second-order valence-electron chi connectivity index (χ2n) is 6.44. The van der Waals surface area contributed by atoms with Crippen LogP contribution >= 0.6 is 0 Å². The Morgan fingerprint density at radius 1 is 0.958 bits per heavy atom. The van der Waals surface area contributed by atoms with Crippen LogP contribution in [0.25, 0.3) is 0 Å². The molecule has 0 amide bonds. The van der Waals surface area contributed by atoms with Gasteiger partial charge in [-0.3, -0.25) is 0 Å². The Hall–Kier alpha value is -2.36. The van der Waals surface area contributed by atoms with E-state index in [-0.39, 0.29) is 29.8 Å². The van der Waals surface area contributed by atoms with Crippen LogP contribution in [-0.2, 0) is 14.9 Å². The third-order valence-electron chi connectivity index (χ3n) is 3.44. The number of rotatable bonds is 8. The molecule has 130 valence electrons. The fourth-order valence-corrected chi connectivity index (χ4v) is 1.98. The van der Waals surface area contributed by atoms with Gasteiger partial charge in [0.2, 0.25) is 0 Å². The Balaban J connectivity index is 3.12. The Morgan fingerprint density at radius 2 is 1.46 bits per heavy atom. The van der Waals surface area contributed by atoms with Gasteiger partial charge in [-0.25, -0.2) is 9.59 Å². The van der Waals surface area contributed by atoms with Crippen molar-refractivity contribution in [1.82, 2.24) is 0 Å². The van der Waals surface area contributed by atoms with Crippen molar-refractivity contribution < 1.29 is 19.1 Å². The number of benzene rings is 1. The quantitative estimate of drug-likeness (QED) is 0.401. The molecule has 0 radical (unpaired) electrons. The first-order valence-electron chi connectivity index (χ1n) is 8.01. The predicted octanol–water partition coefficient (Wildman–Crippen LogP) is 4.45. The van der Waals surface area contributed by atoms with Gasteiger partial charge in [-0.1, -0.05) is 39.0 Å². The molecular formula is C20H26O4. The minimum absolute atomic E-state index is 0.151. The Kier molecular flexibility index (Phi) is 7.43. The molecule has 4 heteroatoms. The molecule has 24 heavy (non-hydrogen) atoms. The van der Waals surface area contributed by atoms with Crippen LogP contribution in [0.4, 0.5) is 0 Å². The molecule has 0 aliphatic carbocycles. The topological polar surface area (TPSA) is 52.6 Å². The molecule has 0 atom stereocenters. The van der Waals surface area contributed by atoms with Gasteiger partial charge in [0.25, 0.3) is 0 Å². The van der Waals surface area contributed by atoms with Crippen molar-refractivity contribution in [3.8, 4) is 0 Å². The maximum absolute atomic E-state index is 12.4. The summed E-state index contributed by atoms with van der Waals surface area (Å²) < 4.78 is 10.4. The van der Waals surface area contributed by atoms with E-state index in [1.54, 1.807) is 24.3 Å². The van der Waals surface area contributed by atoms with Crippen molar-refractivity contribution in [2.24, 2.45) is 0 Å². The van der Waals surface area contributed by atoms with Gasteiger partial charge in [-0.05, 0) is 36.0 Å². The molecule has 0 saturated carbocycles. The minimum Gasteiger partial charge on any atom is -0.462 e. The lowest BCUT2D eigenvalue weighted by molar-refractivity contribution is 0.0464. The van der Waals surface area contributed by atoms with Crippen LogP contribution in [0.3, 0.4) is 0 Å². The summed E-state index contributed by atoms with van der Waals surface area (Å²) in [7, 11) is 0. The predicted molar refractivity (Wildman–Crippen MR) is 95.3 cm³/mol. The number of hydrogen-bond acceptors (Lipinski definition) is 4. The Bertz CT molecular complexity index is 609. The minimum atomic E-state index is -0.534. The first-order chi connectivity index (χ1) is 11.3. The van der Waals surface area contributed by atoms with Gasteiger partial charge in [0.05, 0.1) is 24.3 Å². The lowest BCUT2D eigenvalue weighted by Gasteiger charge is -2.20. The highest BCUT2D eigenvalue weighted by Gasteiger charge is 2.23. The largest absolute Gasteiger partial charge is 0.462 e. The summed E-state index contributed by atoms with van der Waals surface area (Å²) in [5.41, 5.74) is 1.24. The van der Waals surface area contributed by atoms with Gasteiger partial charge in [0, 0.05) is 0 Å². The SMILES string of the molecule is C=CCCOC(=O)c1ccc(C(C)(C)C)cc1C(=O)OCCC=C. The van der Waals surface area contributed by atoms with Crippen LogP contribution in [-0.4, -0.2) is 25.2 Å². The fourth-order valence-electron chi connectivity index (χ4n) is 1.98. The molecule has 0 aromatic heterocycles. The average Bonchev–Trinajstić information content (AvgIpc) is 2.53. The van der Waals surface area contributed by atoms with E-state index in [0.717, 1.165) is 5.56 Å². The van der Waals surface area contributed by atoms with E-state index >= 15 is 0 Å². The van der Waals surface area contributed by atoms with Crippen LogP contribution in [0.15, 0.2) is 43.5 Å². The lowest BCUT2D eigenvalue weighted by Crippen LogP contribution is -2.18. The summed E-state index contributed by atoms with van der Waals surface area (Å²) in [5, 5.41) is 0. The zero-order valence-electron chi connectivity index (χ0n) is 14.8. The molecule has 1 aromatic carbocycles. The summed E-state index contributed by atoms with van der Waals surface area (Å²) >= 11 is 0. The molecule has 0 fully saturated rings. The third-order valence-corrected chi connectivity index (χ3v) is 3.44. The molecular weight excluding hydrogens is 304 g/mol. The van der Waals surface area contributed by atoms with Crippen LogP contribution < -0.4 is 0 Å². The highest BCUT2D eigenvalue weighted by atomic mass is 16.5. The number of carbonyl (C=O) groups excluding carboxylic acids is 2. The van der Waals surface area contributed by atoms with Crippen LogP contribution in [0, 0.1) is 0 Å². The van der Waals surface area contributed by atoms with Gasteiger partial charge in [0.15, 0.2) is 0 Å². The zero-order chi connectivity index (χ0) is 18.2. The van der Waals surface area contributed by atoms with E-state index in [1.165, 1.54) is 0 Å². The zero-order valence-corrected chi connectivity index (χ0v) is 14.8. The summed E-state index contributed by atoms with van der Waals surface area (Å²) in [5.74, 6) is -1.06. The van der Waals surface area contributed by atoms with Gasteiger partial charge in [-0.2, -0.15) is 0 Å². The third kappa shape index (κ3) is 5.69. The van der Waals surface area contributed by atoms with Gasteiger partial charge >= 0.3 is 11.9 Å². The van der Waals surface area contributed by atoms with Crippen molar-refractivity contribution in [2.75, 3.05) is 13.2 Å². The molecule has 0 aliphatic heterocycles. The van der Waals surface area contributed by atoms with Crippen LogP contribution in [0.5, 0.6) is 0 Å². The van der Waals surface area contributed by atoms with Crippen molar-refractivity contribution in [1.29, 1.82) is 0 Å². The molecule has 4 nitrogen and oxygen atoms in total. The first-order valence-corrected chi connectivity index (χ1v) is 8.01. The lowest BCUT2D eigenvalue weighted by atomic mass is 9.85. The van der Waals surface area contributed by atoms with Gasteiger partial charge < -0.3 is 9.47 Å². The number of carbonyl (C=O) groups is 2. The average molecular weight is 330 g/mol. The highest BCUT2D eigenvalue weighted by Crippen LogP contribution is 2.25. The van der Waals surface area contributed by atoms with E-state index in [9.17, 15) is 9.59 Å². The van der Waals surface area contributed by atoms with Crippen LogP contribution in [0.1, 0.15) is 59.9 Å². The number of ether oxygens (including phenoxy) is 2. The van der Waals surface area contributed by atoms with Crippen molar-refractivity contribution in [3.05, 3.63) is 60.2 Å². The molecule has 1 rings (SSSR count). The second-order valence-corrected chi connectivity index (χ2v) is 6.44. The van der Waals surface area contributed by atoms with Gasteiger partial charge in [0.1, 0.15) is 0 Å². The van der Waals surface area contributed by atoms with E-state index in [0.29, 0.717) is 12.8 Å². The molecule has 1 aromatic rings. The maximum Gasteiger partial charge on any atom is 0.339 e. The molecule has 0 saturated heterocycles. The van der Waals surface area contributed by atoms with Crippen molar-refractivity contribution in [3.63, 3.8) is 0 Å². The normalized spacial score (nSPS) is 10.8. The van der Waals surface area contributed by atoms with E-state index in [4.69, 9.17) is 9.47 Å². The summed E-state index contributed by atoms with van der Waals surface area (Å²) in [6, 6.07) is 5.17. The fraction of sp³-hybridized carbons (Fsp3) is 0.400. The Morgan fingerprint density at radius 3 is 1.92 bits per heavy atom. The van der Waals surface area contributed by atoms with Crippen molar-refractivity contribution in [2.45, 2.75) is 39.0 Å². The number of esters is 2. The van der Waals surface area contributed by atoms with E-state index < -0.39 is 11.9 Å². The van der Waals surface area contributed by atoms with Gasteiger partial charge in [-0.15, -0.1) is 13.2 Å². The highest BCUT2D eigenvalue weighted by molar-refractivity contribution is 6.03. The monoisotopic (exact) mass is 330 g/mol. The summed E-state index contributed by atoms with van der Waals surface area (Å²) in [6.07, 6.45) is 4.46. The molecule has 0 heterocycles. The second kappa shape index (κ2) is 9.06. The first kappa shape index (κ1) is 19.7. The Labute approximate surface area is 144 Å². The smallest absolute Gasteiger partial charge is 0.339 e. The maximum atomic E-state index is 12.4. The van der Waals surface area contributed by atoms with Crippen LogP contribution in [0.2, 0.25) is 0 Å². The molecule has 0 aliphatic rings. The summed E-state index contributed by atoms with van der Waals surface area (Å²) in [6.45, 7) is 13.8. The van der Waals surface area contributed by atoms with E-state index in [2.05, 4.69) is 13.2 Å². The number of hydrogen-bond donors (Lipinski definition) is 0. The van der Waals surface area contributed by atoms with E-state index in [1.807, 2.05) is 26.8 Å². The summed E-state index contributed by atoms with van der Waals surface area (Å²) in [4.78, 5) is 24.6. The molecule has 0 spiro atoms.